The van der Waals surface area contributed by atoms with Gasteiger partial charge in [-0.15, -0.1) is 10.2 Å². The summed E-state index contributed by atoms with van der Waals surface area (Å²) in [6, 6.07) is 1.46. The first-order valence-electron chi connectivity index (χ1n) is 8.65. The van der Waals surface area contributed by atoms with Gasteiger partial charge in [-0.2, -0.15) is 0 Å². The van der Waals surface area contributed by atoms with Gasteiger partial charge < -0.3 is 15.2 Å². The molecule has 3 unspecified atom stereocenters. The third-order valence-corrected chi connectivity index (χ3v) is 4.86. The molecule has 1 aromatic rings. The minimum Gasteiger partial charge on any atom is -0.314 e. The lowest BCUT2D eigenvalue weighted by Gasteiger charge is -2.24. The van der Waals surface area contributed by atoms with Crippen molar-refractivity contribution in [2.75, 3.05) is 6.54 Å². The van der Waals surface area contributed by atoms with E-state index >= 15 is 0 Å². The monoisotopic (exact) mass is 291 g/mol. The number of nitrogens with one attached hydrogen (secondary N) is 2. The minimum atomic E-state index is 0.283. The second-order valence-corrected chi connectivity index (χ2v) is 6.76. The first-order valence-corrected chi connectivity index (χ1v) is 8.65. The highest BCUT2D eigenvalue weighted by Crippen LogP contribution is 2.20. The van der Waals surface area contributed by atoms with Crippen LogP contribution in [0.1, 0.15) is 70.1 Å². The van der Waals surface area contributed by atoms with Gasteiger partial charge in [-0.05, 0) is 46.1 Å². The molecule has 118 valence electrons. The topological polar surface area (TPSA) is 54.8 Å². The third kappa shape index (κ3) is 3.64. The van der Waals surface area contributed by atoms with Crippen LogP contribution in [0.4, 0.5) is 0 Å². The van der Waals surface area contributed by atoms with Crippen LogP contribution in [0.25, 0.3) is 0 Å². The van der Waals surface area contributed by atoms with E-state index < -0.39 is 0 Å². The summed E-state index contributed by atoms with van der Waals surface area (Å²) in [6.07, 6.45) is 8.91. The summed E-state index contributed by atoms with van der Waals surface area (Å²) < 4.78 is 2.30. The smallest absolute Gasteiger partial charge is 0.149 e. The Bertz CT molecular complexity index is 448. The van der Waals surface area contributed by atoms with Crippen molar-refractivity contribution in [2.45, 2.75) is 83.5 Å². The minimum absolute atomic E-state index is 0.283. The zero-order valence-corrected chi connectivity index (χ0v) is 13.4. The molecule has 2 N–H and O–H groups in total. The molecule has 0 saturated carbocycles. The van der Waals surface area contributed by atoms with E-state index in [-0.39, 0.29) is 6.04 Å². The molecule has 2 aliphatic rings. The molecule has 1 saturated heterocycles. The first-order chi connectivity index (χ1) is 10.2. The predicted octanol–water partition coefficient (Wildman–Crippen LogP) is 2.19. The molecule has 0 aromatic carbocycles. The normalized spacial score (nSPS) is 25.3. The van der Waals surface area contributed by atoms with Gasteiger partial charge in [-0.3, -0.25) is 0 Å². The quantitative estimate of drug-likeness (QED) is 0.873. The maximum Gasteiger partial charge on any atom is 0.149 e. The SMILES string of the molecule is CC(CC1CCCCCN1)NC(C)c1nnc2n1CCC2. The molecule has 1 aromatic heterocycles. The largest absolute Gasteiger partial charge is 0.314 e. The molecule has 5 nitrogen and oxygen atoms in total. The summed E-state index contributed by atoms with van der Waals surface area (Å²) in [5, 5.41) is 16.1. The number of hydrogen-bond acceptors (Lipinski definition) is 4. The second-order valence-electron chi connectivity index (χ2n) is 6.76. The fourth-order valence-corrected chi connectivity index (χ4v) is 3.79. The van der Waals surface area contributed by atoms with Gasteiger partial charge in [0.25, 0.3) is 0 Å². The van der Waals surface area contributed by atoms with Crippen molar-refractivity contribution in [3.63, 3.8) is 0 Å². The zero-order chi connectivity index (χ0) is 14.7. The lowest BCUT2D eigenvalue weighted by Crippen LogP contribution is -2.38. The van der Waals surface area contributed by atoms with Crippen molar-refractivity contribution in [3.8, 4) is 0 Å². The molecule has 3 rings (SSSR count). The van der Waals surface area contributed by atoms with Crippen LogP contribution < -0.4 is 10.6 Å². The number of hydrogen-bond donors (Lipinski definition) is 2. The third-order valence-electron chi connectivity index (χ3n) is 4.86. The summed E-state index contributed by atoms with van der Waals surface area (Å²) in [7, 11) is 0. The molecule has 0 bridgehead atoms. The summed E-state index contributed by atoms with van der Waals surface area (Å²) >= 11 is 0. The van der Waals surface area contributed by atoms with Gasteiger partial charge in [0.1, 0.15) is 11.6 Å². The van der Waals surface area contributed by atoms with Crippen LogP contribution >= 0.6 is 0 Å². The van der Waals surface area contributed by atoms with E-state index in [4.69, 9.17) is 0 Å². The Morgan fingerprint density at radius 3 is 3.05 bits per heavy atom. The molecule has 0 spiro atoms. The van der Waals surface area contributed by atoms with Crippen LogP contribution in [0.15, 0.2) is 0 Å². The molecule has 0 aliphatic carbocycles. The molecular formula is C16H29N5. The molecule has 5 heteroatoms. The average molecular weight is 291 g/mol. The van der Waals surface area contributed by atoms with Crippen molar-refractivity contribution in [2.24, 2.45) is 0 Å². The molecule has 0 amide bonds. The molecule has 3 atom stereocenters. The molecule has 1 fully saturated rings. The van der Waals surface area contributed by atoms with Gasteiger partial charge in [-0.25, -0.2) is 0 Å². The fraction of sp³-hybridized carbons (Fsp3) is 0.875. The maximum absolute atomic E-state index is 4.39. The first kappa shape index (κ1) is 15.0. The van der Waals surface area contributed by atoms with E-state index in [0.29, 0.717) is 12.1 Å². The average Bonchev–Trinajstić information content (AvgIpc) is 2.96. The van der Waals surface area contributed by atoms with Crippen LogP contribution in [0.5, 0.6) is 0 Å². The van der Waals surface area contributed by atoms with Crippen LogP contribution in [-0.4, -0.2) is 33.4 Å². The second kappa shape index (κ2) is 6.88. The van der Waals surface area contributed by atoms with Crippen LogP contribution in [0, 0.1) is 0 Å². The molecule has 0 radical (unpaired) electrons. The number of nitrogens with zero attached hydrogens (tertiary/aromatic N) is 3. The zero-order valence-electron chi connectivity index (χ0n) is 13.4. The number of rotatable bonds is 5. The Morgan fingerprint density at radius 2 is 2.14 bits per heavy atom. The van der Waals surface area contributed by atoms with Crippen LogP contribution in [-0.2, 0) is 13.0 Å². The fourth-order valence-electron chi connectivity index (χ4n) is 3.79. The van der Waals surface area contributed by atoms with E-state index in [2.05, 4.69) is 39.2 Å². The van der Waals surface area contributed by atoms with Gasteiger partial charge in [0.2, 0.25) is 0 Å². The van der Waals surface area contributed by atoms with Gasteiger partial charge in [0, 0.05) is 25.0 Å². The van der Waals surface area contributed by atoms with Gasteiger partial charge in [-0.1, -0.05) is 12.8 Å². The van der Waals surface area contributed by atoms with E-state index in [1.54, 1.807) is 0 Å². The van der Waals surface area contributed by atoms with Crippen molar-refractivity contribution in [3.05, 3.63) is 11.6 Å². The van der Waals surface area contributed by atoms with Crippen molar-refractivity contribution >= 4 is 0 Å². The van der Waals surface area contributed by atoms with Crippen LogP contribution in [0.3, 0.4) is 0 Å². The van der Waals surface area contributed by atoms with E-state index in [0.717, 1.165) is 24.6 Å². The Hall–Kier alpha value is -0.940. The van der Waals surface area contributed by atoms with Crippen molar-refractivity contribution in [1.29, 1.82) is 0 Å². The Kier molecular flexibility index (Phi) is 4.91. The molecule has 21 heavy (non-hydrogen) atoms. The van der Waals surface area contributed by atoms with E-state index in [1.807, 2.05) is 0 Å². The summed E-state index contributed by atoms with van der Waals surface area (Å²) in [5.74, 6) is 2.28. The van der Waals surface area contributed by atoms with Gasteiger partial charge in [0.05, 0.1) is 6.04 Å². The van der Waals surface area contributed by atoms with E-state index in [9.17, 15) is 0 Å². The summed E-state index contributed by atoms with van der Waals surface area (Å²) in [4.78, 5) is 0. The number of aromatic nitrogens is 3. The highest BCUT2D eigenvalue weighted by atomic mass is 15.3. The molecule has 2 aliphatic heterocycles. The number of aryl methyl sites for hydroxylation is 1. The maximum atomic E-state index is 4.39. The highest BCUT2D eigenvalue weighted by molar-refractivity contribution is 5.04. The van der Waals surface area contributed by atoms with Crippen LogP contribution in [0.2, 0.25) is 0 Å². The summed E-state index contributed by atoms with van der Waals surface area (Å²) in [6.45, 7) is 6.78. The lowest BCUT2D eigenvalue weighted by atomic mass is 10.0. The lowest BCUT2D eigenvalue weighted by molar-refractivity contribution is 0.371. The molecular weight excluding hydrogens is 262 g/mol. The predicted molar refractivity (Wildman–Crippen MR) is 84.2 cm³/mol. The summed E-state index contributed by atoms with van der Waals surface area (Å²) in [5.41, 5.74) is 0. The van der Waals surface area contributed by atoms with Gasteiger partial charge in [0.15, 0.2) is 0 Å². The molecule has 3 heterocycles. The standard InChI is InChI=1S/C16H29N5/c1-12(11-14-7-4-3-5-9-17-14)18-13(2)16-20-19-15-8-6-10-21(15)16/h12-14,17-18H,3-11H2,1-2H3. The van der Waals surface area contributed by atoms with E-state index in [1.165, 1.54) is 45.1 Å². The Labute approximate surface area is 127 Å². The van der Waals surface area contributed by atoms with Gasteiger partial charge >= 0.3 is 0 Å². The Morgan fingerprint density at radius 1 is 1.24 bits per heavy atom. The number of fused-ring (bicyclic) bond motifs is 1. The van der Waals surface area contributed by atoms with Crippen molar-refractivity contribution in [1.82, 2.24) is 25.4 Å². The Balaban J connectivity index is 1.52. The van der Waals surface area contributed by atoms with Crippen molar-refractivity contribution < 1.29 is 0 Å². The highest BCUT2D eigenvalue weighted by Gasteiger charge is 2.23.